The van der Waals surface area contributed by atoms with Crippen molar-refractivity contribution in [2.45, 2.75) is 32.2 Å². The average molecular weight is 452 g/mol. The molecule has 1 saturated carbocycles. The van der Waals surface area contributed by atoms with Crippen LogP contribution < -0.4 is 14.8 Å². The minimum Gasteiger partial charge on any atom is -0.454 e. The van der Waals surface area contributed by atoms with Gasteiger partial charge in [-0.15, -0.1) is 0 Å². The van der Waals surface area contributed by atoms with Gasteiger partial charge in [-0.2, -0.15) is 5.10 Å². The number of aromatic nitrogens is 3. The molecule has 164 valence electrons. The summed E-state index contributed by atoms with van der Waals surface area (Å²) in [5.74, 6) is 1.45. The van der Waals surface area contributed by atoms with Gasteiger partial charge in [0.1, 0.15) is 5.69 Å². The third kappa shape index (κ3) is 3.40. The SMILES string of the molecule is O=C(Nc1nc2c(s1)CN(C(=O)c1cc(-c3ccc4c(c3)OCO4)n[nH]1)CC2)C1CCC1. The van der Waals surface area contributed by atoms with E-state index < -0.39 is 0 Å². The molecule has 1 aliphatic carbocycles. The molecule has 4 heterocycles. The Hall–Kier alpha value is -3.40. The molecule has 2 aromatic heterocycles. The lowest BCUT2D eigenvalue weighted by Gasteiger charge is -2.25. The number of amides is 2. The number of anilines is 1. The van der Waals surface area contributed by atoms with Gasteiger partial charge in [-0.05, 0) is 37.1 Å². The van der Waals surface area contributed by atoms with Crippen molar-refractivity contribution in [3.05, 3.63) is 40.5 Å². The smallest absolute Gasteiger partial charge is 0.272 e. The summed E-state index contributed by atoms with van der Waals surface area (Å²) in [6, 6.07) is 7.34. The number of carbonyl (C=O) groups is 2. The highest BCUT2D eigenvalue weighted by Crippen LogP contribution is 2.36. The van der Waals surface area contributed by atoms with Gasteiger partial charge in [0, 0.05) is 29.3 Å². The lowest BCUT2D eigenvalue weighted by Crippen LogP contribution is -2.35. The van der Waals surface area contributed by atoms with Gasteiger partial charge in [0.2, 0.25) is 12.7 Å². The number of rotatable bonds is 4. The van der Waals surface area contributed by atoms with Crippen LogP contribution >= 0.6 is 11.3 Å². The van der Waals surface area contributed by atoms with E-state index in [2.05, 4.69) is 20.5 Å². The van der Waals surface area contributed by atoms with Crippen LogP contribution in [0.2, 0.25) is 0 Å². The summed E-state index contributed by atoms with van der Waals surface area (Å²) in [6.45, 7) is 1.26. The lowest BCUT2D eigenvalue weighted by atomic mass is 9.85. The molecule has 32 heavy (non-hydrogen) atoms. The van der Waals surface area contributed by atoms with E-state index in [0.717, 1.165) is 35.4 Å². The Morgan fingerprint density at radius 2 is 2.06 bits per heavy atom. The Morgan fingerprint density at radius 3 is 2.91 bits per heavy atom. The molecule has 0 atom stereocenters. The Bertz CT molecular complexity index is 1210. The Kier molecular flexibility index (Phi) is 4.60. The normalized spacial score (nSPS) is 17.1. The molecule has 3 aliphatic rings. The van der Waals surface area contributed by atoms with Crippen molar-refractivity contribution in [3.8, 4) is 22.8 Å². The van der Waals surface area contributed by atoms with Crippen molar-refractivity contribution >= 4 is 28.3 Å². The van der Waals surface area contributed by atoms with E-state index in [0.29, 0.717) is 47.5 Å². The van der Waals surface area contributed by atoms with E-state index in [1.807, 2.05) is 18.2 Å². The number of aromatic amines is 1. The molecule has 1 fully saturated rings. The summed E-state index contributed by atoms with van der Waals surface area (Å²) in [7, 11) is 0. The summed E-state index contributed by atoms with van der Waals surface area (Å²) in [4.78, 5) is 32.7. The van der Waals surface area contributed by atoms with Crippen molar-refractivity contribution in [1.29, 1.82) is 0 Å². The topological polar surface area (TPSA) is 109 Å². The van der Waals surface area contributed by atoms with Crippen LogP contribution in [-0.4, -0.2) is 45.2 Å². The van der Waals surface area contributed by atoms with Gasteiger partial charge >= 0.3 is 0 Å². The van der Waals surface area contributed by atoms with Crippen LogP contribution in [0.15, 0.2) is 24.3 Å². The number of nitrogens with zero attached hydrogens (tertiary/aromatic N) is 3. The minimum absolute atomic E-state index is 0.0591. The molecule has 0 radical (unpaired) electrons. The zero-order valence-electron chi connectivity index (χ0n) is 17.2. The van der Waals surface area contributed by atoms with E-state index in [-0.39, 0.29) is 24.5 Å². The third-order valence-electron chi connectivity index (χ3n) is 6.20. The van der Waals surface area contributed by atoms with Crippen molar-refractivity contribution in [2.75, 3.05) is 18.7 Å². The van der Waals surface area contributed by atoms with Crippen LogP contribution in [-0.2, 0) is 17.8 Å². The van der Waals surface area contributed by atoms with Crippen LogP contribution in [0.3, 0.4) is 0 Å². The highest BCUT2D eigenvalue weighted by atomic mass is 32.1. The van der Waals surface area contributed by atoms with Crippen molar-refractivity contribution < 1.29 is 19.1 Å². The Labute approximate surface area is 187 Å². The quantitative estimate of drug-likeness (QED) is 0.631. The molecule has 0 saturated heterocycles. The standard InChI is InChI=1S/C22H21N5O4S/c28-20(12-2-1-3-12)24-22-23-14-6-7-27(10-19(14)32-22)21(29)16-9-15(25-26-16)13-4-5-17-18(8-13)31-11-30-17/h4-5,8-9,12H,1-3,6-7,10-11H2,(H,25,26)(H,23,24,28). The number of hydrogen-bond donors (Lipinski definition) is 2. The number of thiazole rings is 1. The van der Waals surface area contributed by atoms with Crippen LogP contribution in [0.1, 0.15) is 40.3 Å². The fourth-order valence-corrected chi connectivity index (χ4v) is 5.13. The van der Waals surface area contributed by atoms with Crippen molar-refractivity contribution in [2.24, 2.45) is 5.92 Å². The maximum absolute atomic E-state index is 13.1. The number of carbonyl (C=O) groups excluding carboxylic acids is 2. The molecule has 0 unspecified atom stereocenters. The van der Waals surface area contributed by atoms with Gasteiger partial charge in [0.25, 0.3) is 5.91 Å². The first-order valence-corrected chi connectivity index (χ1v) is 11.5. The lowest BCUT2D eigenvalue weighted by molar-refractivity contribution is -0.122. The molecule has 2 aliphatic heterocycles. The number of hydrogen-bond acceptors (Lipinski definition) is 7. The van der Waals surface area contributed by atoms with Crippen LogP contribution in [0, 0.1) is 5.92 Å². The van der Waals surface area contributed by atoms with Crippen LogP contribution in [0.25, 0.3) is 11.3 Å². The van der Waals surface area contributed by atoms with Gasteiger partial charge in [-0.25, -0.2) is 4.98 Å². The molecular weight excluding hydrogens is 430 g/mol. The van der Waals surface area contributed by atoms with Crippen molar-refractivity contribution in [3.63, 3.8) is 0 Å². The van der Waals surface area contributed by atoms with Gasteiger partial charge in [-0.3, -0.25) is 14.7 Å². The first kappa shape index (κ1) is 19.3. The first-order chi connectivity index (χ1) is 15.6. The predicted molar refractivity (Wildman–Crippen MR) is 117 cm³/mol. The fraction of sp³-hybridized carbons (Fsp3) is 0.364. The van der Waals surface area contributed by atoms with Gasteiger partial charge in [0.05, 0.1) is 17.9 Å². The summed E-state index contributed by atoms with van der Waals surface area (Å²) < 4.78 is 10.8. The number of benzene rings is 1. The molecule has 10 heteroatoms. The fourth-order valence-electron chi connectivity index (χ4n) is 4.11. The molecule has 2 N–H and O–H groups in total. The zero-order chi connectivity index (χ0) is 21.7. The van der Waals surface area contributed by atoms with Crippen LogP contribution in [0.4, 0.5) is 5.13 Å². The van der Waals surface area contributed by atoms with Crippen LogP contribution in [0.5, 0.6) is 11.5 Å². The molecule has 0 spiro atoms. The second kappa shape index (κ2) is 7.63. The first-order valence-electron chi connectivity index (χ1n) is 10.7. The number of ether oxygens (including phenoxy) is 2. The molecule has 1 aromatic carbocycles. The monoisotopic (exact) mass is 451 g/mol. The summed E-state index contributed by atoms with van der Waals surface area (Å²) in [6.07, 6.45) is 3.70. The molecule has 9 nitrogen and oxygen atoms in total. The van der Waals surface area contributed by atoms with E-state index in [1.54, 1.807) is 11.0 Å². The highest BCUT2D eigenvalue weighted by molar-refractivity contribution is 7.15. The number of fused-ring (bicyclic) bond motifs is 2. The summed E-state index contributed by atoms with van der Waals surface area (Å²) in [5.41, 5.74) is 2.92. The van der Waals surface area contributed by atoms with Gasteiger partial charge in [0.15, 0.2) is 16.6 Å². The Balaban J connectivity index is 1.15. The maximum Gasteiger partial charge on any atom is 0.272 e. The second-order valence-corrected chi connectivity index (χ2v) is 9.30. The third-order valence-corrected chi connectivity index (χ3v) is 7.20. The number of nitrogens with one attached hydrogen (secondary N) is 2. The maximum atomic E-state index is 13.1. The summed E-state index contributed by atoms with van der Waals surface area (Å²) >= 11 is 1.46. The molecule has 0 bridgehead atoms. The molecular formula is C22H21N5O4S. The predicted octanol–water partition coefficient (Wildman–Crippen LogP) is 3.20. The molecule has 2 amide bonds. The van der Waals surface area contributed by atoms with Crippen molar-refractivity contribution in [1.82, 2.24) is 20.1 Å². The minimum atomic E-state index is -0.108. The second-order valence-electron chi connectivity index (χ2n) is 8.22. The highest BCUT2D eigenvalue weighted by Gasteiger charge is 2.29. The van der Waals surface area contributed by atoms with E-state index in [1.165, 1.54) is 11.3 Å². The average Bonchev–Trinajstić information content (AvgIpc) is 3.49. The molecule has 6 rings (SSSR count). The largest absolute Gasteiger partial charge is 0.454 e. The zero-order valence-corrected chi connectivity index (χ0v) is 18.0. The molecule has 3 aromatic rings. The Morgan fingerprint density at radius 1 is 1.19 bits per heavy atom. The van der Waals surface area contributed by atoms with Gasteiger partial charge < -0.3 is 19.7 Å². The number of H-pyrrole nitrogens is 1. The summed E-state index contributed by atoms with van der Waals surface area (Å²) in [5, 5.41) is 10.8. The van der Waals surface area contributed by atoms with Gasteiger partial charge in [-0.1, -0.05) is 17.8 Å². The van der Waals surface area contributed by atoms with E-state index >= 15 is 0 Å². The van der Waals surface area contributed by atoms with E-state index in [4.69, 9.17) is 9.47 Å². The van der Waals surface area contributed by atoms with E-state index in [9.17, 15) is 9.59 Å².